The number of halogens is 4. The van der Waals surface area contributed by atoms with Crippen molar-refractivity contribution in [3.63, 3.8) is 0 Å². The Morgan fingerprint density at radius 2 is 1.74 bits per heavy atom. The fraction of sp³-hybridized carbons (Fsp3) is 0.350. The minimum atomic E-state index is -4.52. The summed E-state index contributed by atoms with van der Waals surface area (Å²) in [6.45, 7) is 6.28. The summed E-state index contributed by atoms with van der Waals surface area (Å²) in [5.74, 6) is 0. The Hall–Kier alpha value is -1.79. The van der Waals surface area contributed by atoms with Gasteiger partial charge in [0.05, 0.1) is 10.6 Å². The Morgan fingerprint density at radius 1 is 1.11 bits per heavy atom. The van der Waals surface area contributed by atoms with Gasteiger partial charge in [-0.3, -0.25) is 0 Å². The first-order chi connectivity index (χ1) is 12.5. The summed E-state index contributed by atoms with van der Waals surface area (Å²) in [4.78, 5) is 0. The van der Waals surface area contributed by atoms with Crippen LogP contribution in [0.25, 0.3) is 0 Å². The number of hydrogen-bond donors (Lipinski definition) is 2. The maximum Gasteiger partial charge on any atom is 0.417 e. The van der Waals surface area contributed by atoms with Gasteiger partial charge in [-0.2, -0.15) is 13.2 Å². The van der Waals surface area contributed by atoms with Gasteiger partial charge in [0.15, 0.2) is 5.11 Å². The van der Waals surface area contributed by atoms with Crippen LogP contribution in [0.3, 0.4) is 0 Å². The van der Waals surface area contributed by atoms with E-state index in [0.29, 0.717) is 0 Å². The molecule has 27 heavy (non-hydrogen) atoms. The fourth-order valence-electron chi connectivity index (χ4n) is 3.03. The van der Waals surface area contributed by atoms with Gasteiger partial charge in [-0.15, -0.1) is 0 Å². The van der Waals surface area contributed by atoms with Crippen LogP contribution in [-0.4, -0.2) is 11.2 Å². The van der Waals surface area contributed by atoms with Crippen molar-refractivity contribution in [3.8, 4) is 0 Å². The summed E-state index contributed by atoms with van der Waals surface area (Å²) in [6.07, 6.45) is -3.72. The third kappa shape index (κ3) is 6.11. The van der Waals surface area contributed by atoms with E-state index in [1.807, 2.05) is 25.1 Å². The lowest BCUT2D eigenvalue weighted by Crippen LogP contribution is -2.39. The molecular weight excluding hydrogens is 393 g/mol. The number of alkyl halides is 3. The summed E-state index contributed by atoms with van der Waals surface area (Å²) >= 11 is 10.9. The molecule has 0 fully saturated rings. The quantitative estimate of drug-likeness (QED) is 0.553. The summed E-state index contributed by atoms with van der Waals surface area (Å²) in [6, 6.07) is 13.8. The van der Waals surface area contributed by atoms with Crippen LogP contribution in [-0.2, 0) is 11.6 Å². The van der Waals surface area contributed by atoms with Gasteiger partial charge in [0.2, 0.25) is 0 Å². The van der Waals surface area contributed by atoms with Crippen LogP contribution in [0.2, 0.25) is 5.02 Å². The van der Waals surface area contributed by atoms with E-state index in [0.717, 1.165) is 12.5 Å². The van der Waals surface area contributed by atoms with Crippen LogP contribution in [0, 0.1) is 0 Å². The zero-order chi connectivity index (χ0) is 20.2. The molecule has 2 nitrogen and oxygen atoms in total. The minimum Gasteiger partial charge on any atom is -0.360 e. The summed E-state index contributed by atoms with van der Waals surface area (Å²) < 4.78 is 38.9. The van der Waals surface area contributed by atoms with Crippen molar-refractivity contribution in [2.24, 2.45) is 0 Å². The second-order valence-corrected chi connectivity index (χ2v) is 7.96. The number of hydrogen-bond acceptors (Lipinski definition) is 1. The molecule has 0 amide bonds. The molecule has 0 aliphatic rings. The van der Waals surface area contributed by atoms with Gasteiger partial charge >= 0.3 is 6.18 Å². The molecule has 7 heteroatoms. The maximum absolute atomic E-state index is 13.0. The van der Waals surface area contributed by atoms with Crippen molar-refractivity contribution in [2.45, 2.75) is 44.8 Å². The molecule has 0 bridgehead atoms. The van der Waals surface area contributed by atoms with Crippen LogP contribution in [0.4, 0.5) is 18.9 Å². The van der Waals surface area contributed by atoms with Crippen LogP contribution in [0.1, 0.15) is 38.3 Å². The topological polar surface area (TPSA) is 24.1 Å². The zero-order valence-corrected chi connectivity index (χ0v) is 16.9. The largest absolute Gasteiger partial charge is 0.417 e. The molecule has 0 unspecified atom stereocenters. The Bertz CT molecular complexity index is 792. The normalized spacial score (nSPS) is 13.1. The van der Waals surface area contributed by atoms with Crippen LogP contribution < -0.4 is 10.6 Å². The Labute approximate surface area is 168 Å². The third-order valence-electron chi connectivity index (χ3n) is 4.28. The molecule has 0 radical (unpaired) electrons. The Balaban J connectivity index is 1.99. The number of rotatable bonds is 5. The first-order valence-electron chi connectivity index (χ1n) is 8.49. The van der Waals surface area contributed by atoms with Crippen LogP contribution in [0.15, 0.2) is 48.5 Å². The van der Waals surface area contributed by atoms with Crippen molar-refractivity contribution in [1.82, 2.24) is 5.32 Å². The second kappa shape index (κ2) is 8.48. The average Bonchev–Trinajstić information content (AvgIpc) is 2.55. The van der Waals surface area contributed by atoms with Gasteiger partial charge in [0, 0.05) is 11.7 Å². The molecule has 0 saturated carbocycles. The highest BCUT2D eigenvalue weighted by Gasteiger charge is 2.33. The summed E-state index contributed by atoms with van der Waals surface area (Å²) in [5.41, 5.74) is 0.478. The monoisotopic (exact) mass is 414 g/mol. The highest BCUT2D eigenvalue weighted by atomic mass is 35.5. The van der Waals surface area contributed by atoms with Crippen molar-refractivity contribution >= 4 is 34.6 Å². The van der Waals surface area contributed by atoms with E-state index in [9.17, 15) is 13.2 Å². The van der Waals surface area contributed by atoms with E-state index in [1.165, 1.54) is 17.7 Å². The lowest BCUT2D eigenvalue weighted by Gasteiger charge is -2.29. The van der Waals surface area contributed by atoms with E-state index in [1.54, 1.807) is 0 Å². The van der Waals surface area contributed by atoms with Crippen LogP contribution in [0.5, 0.6) is 0 Å². The number of thiocarbonyl (C=S) groups is 1. The minimum absolute atomic E-state index is 0.0228. The smallest absolute Gasteiger partial charge is 0.360 e. The van der Waals surface area contributed by atoms with Crippen molar-refractivity contribution < 1.29 is 13.2 Å². The number of benzene rings is 2. The summed E-state index contributed by atoms with van der Waals surface area (Å²) in [7, 11) is 0. The SMILES string of the molecule is C[C@H](CC(C)(C)c1ccccc1)NC(=S)Nc1ccc(Cl)c(C(F)(F)F)c1. The predicted octanol–water partition coefficient (Wildman–Crippen LogP) is 6.40. The molecule has 0 heterocycles. The second-order valence-electron chi connectivity index (χ2n) is 7.15. The molecule has 0 aromatic heterocycles. The Morgan fingerprint density at radius 3 is 2.33 bits per heavy atom. The first kappa shape index (κ1) is 21.5. The lowest BCUT2D eigenvalue weighted by molar-refractivity contribution is -0.137. The van der Waals surface area contributed by atoms with E-state index < -0.39 is 11.7 Å². The van der Waals surface area contributed by atoms with E-state index in [-0.39, 0.29) is 27.3 Å². The standard InChI is InChI=1S/C20H22ClF3N2S/c1-13(12-19(2,3)14-7-5-4-6-8-14)25-18(27)26-15-9-10-17(21)16(11-15)20(22,23)24/h4-11,13H,12H2,1-3H3,(H2,25,26,27)/t13-/m1/s1. The fourth-order valence-corrected chi connectivity index (χ4v) is 3.58. The molecule has 2 aromatic rings. The Kier molecular flexibility index (Phi) is 6.76. The molecule has 0 aliphatic carbocycles. The molecule has 2 aromatic carbocycles. The van der Waals surface area contributed by atoms with E-state index in [4.69, 9.17) is 23.8 Å². The van der Waals surface area contributed by atoms with Gasteiger partial charge < -0.3 is 10.6 Å². The molecular formula is C20H22ClF3N2S. The van der Waals surface area contributed by atoms with E-state index >= 15 is 0 Å². The number of anilines is 1. The molecule has 0 spiro atoms. The number of nitrogens with one attached hydrogen (secondary N) is 2. The van der Waals surface area contributed by atoms with Crippen molar-refractivity contribution in [3.05, 3.63) is 64.7 Å². The molecule has 2 rings (SSSR count). The first-order valence-corrected chi connectivity index (χ1v) is 9.27. The third-order valence-corrected chi connectivity index (χ3v) is 4.83. The average molecular weight is 415 g/mol. The van der Waals surface area contributed by atoms with Gasteiger partial charge in [-0.05, 0) is 54.7 Å². The molecule has 1 atom stereocenters. The van der Waals surface area contributed by atoms with Crippen molar-refractivity contribution in [2.75, 3.05) is 5.32 Å². The highest BCUT2D eigenvalue weighted by molar-refractivity contribution is 7.80. The lowest BCUT2D eigenvalue weighted by atomic mass is 9.79. The molecule has 2 N–H and O–H groups in total. The van der Waals surface area contributed by atoms with Gasteiger partial charge in [0.25, 0.3) is 0 Å². The zero-order valence-electron chi connectivity index (χ0n) is 15.3. The molecule has 146 valence electrons. The molecule has 0 saturated heterocycles. The van der Waals surface area contributed by atoms with E-state index in [2.05, 4.69) is 36.6 Å². The molecule has 0 aliphatic heterocycles. The van der Waals surface area contributed by atoms with Gasteiger partial charge in [-0.25, -0.2) is 0 Å². The van der Waals surface area contributed by atoms with Gasteiger partial charge in [-0.1, -0.05) is 55.8 Å². The van der Waals surface area contributed by atoms with Gasteiger partial charge in [0.1, 0.15) is 0 Å². The summed E-state index contributed by atoms with van der Waals surface area (Å²) in [5, 5.41) is 5.86. The van der Waals surface area contributed by atoms with Crippen molar-refractivity contribution in [1.29, 1.82) is 0 Å². The van der Waals surface area contributed by atoms with Crippen LogP contribution >= 0.6 is 23.8 Å². The highest BCUT2D eigenvalue weighted by Crippen LogP contribution is 2.36. The predicted molar refractivity (Wildman–Crippen MR) is 109 cm³/mol. The maximum atomic E-state index is 13.0.